The number of carbonyl (C=O) groups is 1. The van der Waals surface area contributed by atoms with Crippen LogP contribution in [-0.2, 0) is 11.1 Å². The van der Waals surface area contributed by atoms with E-state index in [1.54, 1.807) is 0 Å². The molecule has 1 unspecified atom stereocenters. The molecule has 0 saturated carbocycles. The van der Waals surface area contributed by atoms with Crippen LogP contribution in [-0.4, -0.2) is 19.7 Å². The Morgan fingerprint density at radius 3 is 2.17 bits per heavy atom. The molecule has 0 radical (unpaired) electrons. The van der Waals surface area contributed by atoms with Gasteiger partial charge >= 0.3 is 59.1 Å². The Labute approximate surface area is 149 Å². The fourth-order valence-electron chi connectivity index (χ4n) is 1.15. The molecule has 0 saturated heterocycles. The van der Waals surface area contributed by atoms with Crippen LogP contribution in [0.4, 0.5) is 5.69 Å². The van der Waals surface area contributed by atoms with E-state index in [0.29, 0.717) is 0 Å². The average Bonchev–Trinajstić information content (AvgIpc) is 2.16. The fourth-order valence-corrected chi connectivity index (χ4v) is 1.73. The third-order valence-corrected chi connectivity index (χ3v) is 2.73. The summed E-state index contributed by atoms with van der Waals surface area (Å²) >= 11 is -2.74. The number of hydrogen-bond acceptors (Lipinski definition) is 6. The van der Waals surface area contributed by atoms with Gasteiger partial charge in [-0.05, 0) is 24.1 Å². The van der Waals surface area contributed by atoms with Gasteiger partial charge in [-0.3, -0.25) is 14.3 Å². The second-order valence-electron chi connectivity index (χ2n) is 2.90. The van der Waals surface area contributed by atoms with Crippen LogP contribution in [0, 0.1) is 17.0 Å². The van der Waals surface area contributed by atoms with E-state index in [1.807, 2.05) is 0 Å². The van der Waals surface area contributed by atoms with Gasteiger partial charge in [0, 0.05) is 22.1 Å². The zero-order valence-corrected chi connectivity index (χ0v) is 14.8. The fraction of sp³-hybridized carbons (Fsp3) is 0.125. The number of carbonyl (C=O) groups excluding carboxylic acids is 1. The molecular formula is C8H5NNa2O6S. The van der Waals surface area contributed by atoms with Crippen molar-refractivity contribution in [1.29, 1.82) is 0 Å². The summed E-state index contributed by atoms with van der Waals surface area (Å²) in [6.07, 6.45) is 0. The number of nitrogens with zero attached hydrogens (tertiary/aromatic N) is 1. The Bertz CT molecular complexity index is 471. The van der Waals surface area contributed by atoms with Gasteiger partial charge in [0.2, 0.25) is 0 Å². The van der Waals surface area contributed by atoms with Crippen LogP contribution in [0.3, 0.4) is 0 Å². The first kappa shape index (κ1) is 20.5. The van der Waals surface area contributed by atoms with E-state index < -0.39 is 38.1 Å². The molecule has 0 N–H and O–H groups in total. The number of benzene rings is 1. The van der Waals surface area contributed by atoms with Crippen LogP contribution in [0.1, 0.15) is 15.9 Å². The molecule has 18 heavy (non-hydrogen) atoms. The van der Waals surface area contributed by atoms with Crippen molar-refractivity contribution in [2.75, 3.05) is 0 Å². The first-order valence-electron chi connectivity index (χ1n) is 3.94. The van der Waals surface area contributed by atoms with Crippen LogP contribution >= 0.6 is 0 Å². The molecule has 1 atom stereocenters. The smallest absolute Gasteiger partial charge is 0.768 e. The van der Waals surface area contributed by atoms with Crippen LogP contribution in [0.2, 0.25) is 0 Å². The molecule has 0 aliphatic rings. The van der Waals surface area contributed by atoms with Crippen molar-refractivity contribution in [3.63, 3.8) is 0 Å². The van der Waals surface area contributed by atoms with E-state index in [0.717, 1.165) is 12.1 Å². The van der Waals surface area contributed by atoms with Crippen LogP contribution in [0.25, 0.3) is 0 Å². The van der Waals surface area contributed by atoms with E-state index in [4.69, 9.17) is 0 Å². The molecule has 7 nitrogen and oxygen atoms in total. The van der Waals surface area contributed by atoms with Gasteiger partial charge in [0.1, 0.15) is 0 Å². The van der Waals surface area contributed by atoms with E-state index in [2.05, 4.69) is 0 Å². The molecule has 10 heteroatoms. The molecule has 0 spiro atoms. The molecule has 0 aliphatic carbocycles. The van der Waals surface area contributed by atoms with Gasteiger partial charge in [-0.2, -0.15) is 0 Å². The Hall–Kier alpha value is 0.200. The Kier molecular flexibility index (Phi) is 9.56. The average molecular weight is 289 g/mol. The minimum absolute atomic E-state index is 0. The number of rotatable bonds is 3. The molecule has 86 valence electrons. The second-order valence-corrected chi connectivity index (χ2v) is 3.81. The van der Waals surface area contributed by atoms with Crippen LogP contribution in [0.5, 0.6) is 0 Å². The Morgan fingerprint density at radius 1 is 1.33 bits per heavy atom. The minimum Gasteiger partial charge on any atom is -0.768 e. The van der Waals surface area contributed by atoms with E-state index in [9.17, 15) is 28.8 Å². The van der Waals surface area contributed by atoms with Crippen molar-refractivity contribution in [1.82, 2.24) is 0 Å². The predicted octanol–water partition coefficient (Wildman–Crippen LogP) is -6.49. The molecular weight excluding hydrogens is 284 g/mol. The van der Waals surface area contributed by atoms with Crippen molar-refractivity contribution < 1.29 is 82.7 Å². The normalized spacial score (nSPS) is 10.8. The molecule has 0 fully saturated rings. The molecule has 0 bridgehead atoms. The van der Waals surface area contributed by atoms with Gasteiger partial charge < -0.3 is 14.5 Å². The van der Waals surface area contributed by atoms with Gasteiger partial charge in [0.15, 0.2) is 0 Å². The third kappa shape index (κ3) is 4.71. The predicted molar refractivity (Wildman–Crippen MR) is 49.3 cm³/mol. The van der Waals surface area contributed by atoms with Gasteiger partial charge in [-0.25, -0.2) is 0 Å². The topological polar surface area (TPSA) is 123 Å². The zero-order valence-electron chi connectivity index (χ0n) is 9.96. The molecule has 0 aromatic heterocycles. The SMILES string of the molecule is Cc1c([N+](=O)[O-])cc(C(=O)[O-])cc1S(=O)[O-].[Na+].[Na+]. The van der Waals surface area contributed by atoms with Crippen molar-refractivity contribution in [3.05, 3.63) is 33.4 Å². The number of nitro benzene ring substituents is 1. The number of carboxylic acid groups (broad SMARTS) is 1. The van der Waals surface area contributed by atoms with Crippen molar-refractivity contribution >= 4 is 22.7 Å². The summed E-state index contributed by atoms with van der Waals surface area (Å²) in [6.45, 7) is 1.22. The number of carboxylic acids is 1. The molecule has 0 aliphatic heterocycles. The quantitative estimate of drug-likeness (QED) is 0.236. The van der Waals surface area contributed by atoms with E-state index in [1.165, 1.54) is 6.92 Å². The van der Waals surface area contributed by atoms with Crippen molar-refractivity contribution in [3.8, 4) is 0 Å². The summed E-state index contributed by atoms with van der Waals surface area (Å²) in [5, 5.41) is 21.1. The van der Waals surface area contributed by atoms with Gasteiger partial charge in [-0.1, -0.05) is 0 Å². The summed E-state index contributed by atoms with van der Waals surface area (Å²) in [6, 6.07) is 1.59. The standard InChI is InChI=1S/C8H7NO6S.2Na/c1-4-6(9(12)13)2-5(8(10)11)3-7(4)16(14)15;;/h2-3H,1H3,(H,10,11)(H,14,15);;/q;2*+1/p-2. The van der Waals surface area contributed by atoms with Gasteiger partial charge in [0.05, 0.1) is 10.9 Å². The molecule has 0 amide bonds. The zero-order chi connectivity index (χ0) is 12.5. The van der Waals surface area contributed by atoms with Gasteiger partial charge in [0.25, 0.3) is 5.69 Å². The van der Waals surface area contributed by atoms with E-state index >= 15 is 0 Å². The first-order chi connectivity index (χ1) is 7.34. The first-order valence-corrected chi connectivity index (χ1v) is 5.01. The van der Waals surface area contributed by atoms with E-state index in [-0.39, 0.29) is 64.7 Å². The van der Waals surface area contributed by atoms with Crippen LogP contribution < -0.4 is 64.2 Å². The molecule has 1 aromatic rings. The number of aromatic carboxylic acids is 1. The van der Waals surface area contributed by atoms with Crippen molar-refractivity contribution in [2.45, 2.75) is 11.8 Å². The Morgan fingerprint density at radius 2 is 1.83 bits per heavy atom. The maximum Gasteiger partial charge on any atom is 1.00 e. The maximum atomic E-state index is 10.7. The van der Waals surface area contributed by atoms with Crippen LogP contribution in [0.15, 0.2) is 17.0 Å². The summed E-state index contributed by atoms with van der Waals surface area (Å²) < 4.78 is 21.5. The molecule has 1 aromatic carbocycles. The number of hydrogen-bond donors (Lipinski definition) is 0. The second kappa shape index (κ2) is 8.39. The molecule has 0 heterocycles. The molecule has 1 rings (SSSR count). The summed E-state index contributed by atoms with van der Waals surface area (Å²) in [7, 11) is 0. The summed E-state index contributed by atoms with van der Waals surface area (Å²) in [5.74, 6) is -1.67. The summed E-state index contributed by atoms with van der Waals surface area (Å²) in [5.41, 5.74) is -1.22. The monoisotopic (exact) mass is 289 g/mol. The largest absolute Gasteiger partial charge is 1.00 e. The summed E-state index contributed by atoms with van der Waals surface area (Å²) in [4.78, 5) is 19.8. The third-order valence-electron chi connectivity index (χ3n) is 1.94. The Balaban J connectivity index is 0. The maximum absolute atomic E-state index is 10.7. The number of nitro groups is 1. The minimum atomic E-state index is -2.74. The van der Waals surface area contributed by atoms with Crippen molar-refractivity contribution in [2.24, 2.45) is 0 Å². The van der Waals surface area contributed by atoms with Gasteiger partial charge in [-0.15, -0.1) is 0 Å².